The van der Waals surface area contributed by atoms with Crippen LogP contribution in [0, 0.1) is 17.2 Å². The SMILES string of the molecule is CCOC(=O)C(C#N)Cc1ccc(Br)cn1. The molecular weight excluding hydrogens is 272 g/mol. The number of pyridine rings is 1. The number of esters is 1. The van der Waals surface area contributed by atoms with Crippen molar-refractivity contribution < 1.29 is 9.53 Å². The number of ether oxygens (including phenoxy) is 1. The first-order valence-electron chi connectivity index (χ1n) is 4.84. The maximum absolute atomic E-state index is 11.4. The molecule has 1 heterocycles. The van der Waals surface area contributed by atoms with Crippen LogP contribution in [0.25, 0.3) is 0 Å². The summed E-state index contributed by atoms with van der Waals surface area (Å²) in [5.74, 6) is -1.27. The van der Waals surface area contributed by atoms with E-state index < -0.39 is 11.9 Å². The summed E-state index contributed by atoms with van der Waals surface area (Å²) in [5, 5.41) is 8.85. The van der Waals surface area contributed by atoms with E-state index in [1.54, 1.807) is 19.2 Å². The normalized spacial score (nSPS) is 11.6. The molecule has 5 heteroatoms. The van der Waals surface area contributed by atoms with Crippen LogP contribution < -0.4 is 0 Å². The highest BCUT2D eigenvalue weighted by Crippen LogP contribution is 2.11. The Morgan fingerprint density at radius 3 is 2.94 bits per heavy atom. The number of rotatable bonds is 4. The molecule has 1 unspecified atom stereocenters. The van der Waals surface area contributed by atoms with Gasteiger partial charge in [0, 0.05) is 22.8 Å². The molecule has 16 heavy (non-hydrogen) atoms. The Morgan fingerprint density at radius 1 is 1.69 bits per heavy atom. The molecular formula is C11H11BrN2O2. The zero-order valence-electron chi connectivity index (χ0n) is 8.81. The van der Waals surface area contributed by atoms with Crippen molar-refractivity contribution in [3.63, 3.8) is 0 Å². The van der Waals surface area contributed by atoms with Gasteiger partial charge in [-0.25, -0.2) is 0 Å². The third-order valence-corrected chi connectivity index (χ3v) is 2.40. The second-order valence-corrected chi connectivity index (χ2v) is 4.02. The number of aromatic nitrogens is 1. The first-order chi connectivity index (χ1) is 7.67. The predicted octanol–water partition coefficient (Wildman–Crippen LogP) is 2.09. The number of nitrogens with zero attached hydrogens (tertiary/aromatic N) is 2. The summed E-state index contributed by atoms with van der Waals surface area (Å²) in [7, 11) is 0. The lowest BCUT2D eigenvalue weighted by Crippen LogP contribution is -2.18. The van der Waals surface area contributed by atoms with Crippen molar-refractivity contribution in [2.45, 2.75) is 13.3 Å². The topological polar surface area (TPSA) is 63.0 Å². The van der Waals surface area contributed by atoms with Crippen LogP contribution in [0.15, 0.2) is 22.8 Å². The minimum atomic E-state index is -0.784. The van der Waals surface area contributed by atoms with Gasteiger partial charge in [-0.15, -0.1) is 0 Å². The van der Waals surface area contributed by atoms with E-state index in [4.69, 9.17) is 10.00 Å². The van der Waals surface area contributed by atoms with Crippen LogP contribution in [0.5, 0.6) is 0 Å². The molecule has 0 bridgehead atoms. The lowest BCUT2D eigenvalue weighted by atomic mass is 10.1. The molecule has 4 nitrogen and oxygen atoms in total. The summed E-state index contributed by atoms with van der Waals surface area (Å²) in [4.78, 5) is 15.5. The Labute approximate surface area is 102 Å². The third-order valence-electron chi connectivity index (χ3n) is 1.93. The fraction of sp³-hybridized carbons (Fsp3) is 0.364. The van der Waals surface area contributed by atoms with E-state index in [-0.39, 0.29) is 13.0 Å². The molecule has 0 aliphatic heterocycles. The standard InChI is InChI=1S/C11H11BrN2O2/c1-2-16-11(15)8(6-13)5-10-4-3-9(12)7-14-10/h3-4,7-8H,2,5H2,1H3. The first kappa shape index (κ1) is 12.7. The predicted molar refractivity (Wildman–Crippen MR) is 61.4 cm³/mol. The minimum Gasteiger partial charge on any atom is -0.465 e. The van der Waals surface area contributed by atoms with E-state index in [0.29, 0.717) is 5.69 Å². The molecule has 1 aromatic heterocycles. The van der Waals surface area contributed by atoms with Crippen LogP contribution in [0.4, 0.5) is 0 Å². The molecule has 0 radical (unpaired) electrons. The van der Waals surface area contributed by atoms with Crippen LogP contribution in [0.1, 0.15) is 12.6 Å². The van der Waals surface area contributed by atoms with Crippen molar-refractivity contribution >= 4 is 21.9 Å². The molecule has 0 fully saturated rings. The van der Waals surface area contributed by atoms with Gasteiger partial charge in [-0.1, -0.05) is 0 Å². The molecule has 0 saturated carbocycles. The van der Waals surface area contributed by atoms with Crippen molar-refractivity contribution in [2.75, 3.05) is 6.61 Å². The lowest BCUT2D eigenvalue weighted by molar-refractivity contribution is -0.145. The van der Waals surface area contributed by atoms with Gasteiger partial charge in [-0.2, -0.15) is 5.26 Å². The Hall–Kier alpha value is -1.41. The van der Waals surface area contributed by atoms with Gasteiger partial charge < -0.3 is 4.74 Å². The number of hydrogen-bond acceptors (Lipinski definition) is 4. The largest absolute Gasteiger partial charge is 0.465 e. The maximum atomic E-state index is 11.4. The monoisotopic (exact) mass is 282 g/mol. The van der Waals surface area contributed by atoms with E-state index in [1.165, 1.54) is 0 Å². The average Bonchev–Trinajstić information content (AvgIpc) is 2.28. The Kier molecular flexibility index (Phi) is 4.93. The van der Waals surface area contributed by atoms with Crippen LogP contribution >= 0.6 is 15.9 Å². The van der Waals surface area contributed by atoms with Crippen LogP contribution in [0.3, 0.4) is 0 Å². The zero-order valence-corrected chi connectivity index (χ0v) is 10.4. The van der Waals surface area contributed by atoms with Gasteiger partial charge in [0.05, 0.1) is 12.7 Å². The van der Waals surface area contributed by atoms with Gasteiger partial charge in [0.1, 0.15) is 5.92 Å². The van der Waals surface area contributed by atoms with Gasteiger partial charge in [-0.3, -0.25) is 9.78 Å². The second kappa shape index (κ2) is 6.23. The molecule has 1 atom stereocenters. The molecule has 1 rings (SSSR count). The summed E-state index contributed by atoms with van der Waals surface area (Å²) in [6, 6.07) is 5.52. The van der Waals surface area contributed by atoms with Crippen molar-refractivity contribution in [1.29, 1.82) is 5.26 Å². The minimum absolute atomic E-state index is 0.280. The number of nitriles is 1. The Bertz CT molecular complexity index is 397. The molecule has 1 aromatic rings. The summed E-state index contributed by atoms with van der Waals surface area (Å²) < 4.78 is 5.65. The summed E-state index contributed by atoms with van der Waals surface area (Å²) in [6.07, 6.45) is 1.91. The zero-order chi connectivity index (χ0) is 12.0. The number of carbonyl (C=O) groups is 1. The maximum Gasteiger partial charge on any atom is 0.323 e. The van der Waals surface area contributed by atoms with Crippen LogP contribution in [-0.2, 0) is 16.0 Å². The quantitative estimate of drug-likeness (QED) is 0.794. The van der Waals surface area contributed by atoms with Gasteiger partial charge in [-0.05, 0) is 35.0 Å². The highest BCUT2D eigenvalue weighted by Gasteiger charge is 2.20. The van der Waals surface area contributed by atoms with E-state index >= 15 is 0 Å². The van der Waals surface area contributed by atoms with E-state index in [2.05, 4.69) is 20.9 Å². The molecule has 0 aromatic carbocycles. The van der Waals surface area contributed by atoms with E-state index in [9.17, 15) is 4.79 Å². The molecule has 0 N–H and O–H groups in total. The second-order valence-electron chi connectivity index (χ2n) is 3.11. The van der Waals surface area contributed by atoms with Gasteiger partial charge in [0.25, 0.3) is 0 Å². The highest BCUT2D eigenvalue weighted by molar-refractivity contribution is 9.10. The molecule has 0 amide bonds. The fourth-order valence-corrected chi connectivity index (χ4v) is 1.40. The van der Waals surface area contributed by atoms with Crippen molar-refractivity contribution in [2.24, 2.45) is 5.92 Å². The molecule has 84 valence electrons. The average molecular weight is 283 g/mol. The van der Waals surface area contributed by atoms with Crippen molar-refractivity contribution in [3.05, 3.63) is 28.5 Å². The van der Waals surface area contributed by atoms with Gasteiger partial charge >= 0.3 is 5.97 Å². The van der Waals surface area contributed by atoms with Gasteiger partial charge in [0.2, 0.25) is 0 Å². The molecule has 0 aliphatic rings. The molecule has 0 saturated heterocycles. The Balaban J connectivity index is 2.67. The van der Waals surface area contributed by atoms with E-state index in [1.807, 2.05) is 12.1 Å². The number of carbonyl (C=O) groups excluding carboxylic acids is 1. The molecule has 0 aliphatic carbocycles. The molecule has 0 spiro atoms. The summed E-state index contributed by atoms with van der Waals surface area (Å²) >= 11 is 3.26. The van der Waals surface area contributed by atoms with Gasteiger partial charge in [0.15, 0.2) is 0 Å². The summed E-state index contributed by atoms with van der Waals surface area (Å²) in [6.45, 7) is 2.00. The Morgan fingerprint density at radius 2 is 2.44 bits per heavy atom. The van der Waals surface area contributed by atoms with Crippen molar-refractivity contribution in [3.8, 4) is 6.07 Å². The summed E-state index contributed by atoms with van der Waals surface area (Å²) in [5.41, 5.74) is 0.697. The number of hydrogen-bond donors (Lipinski definition) is 0. The third kappa shape index (κ3) is 3.63. The number of halogens is 1. The highest BCUT2D eigenvalue weighted by atomic mass is 79.9. The lowest BCUT2D eigenvalue weighted by Gasteiger charge is -2.07. The fourth-order valence-electron chi connectivity index (χ4n) is 1.16. The first-order valence-corrected chi connectivity index (χ1v) is 5.63. The van der Waals surface area contributed by atoms with Crippen molar-refractivity contribution in [1.82, 2.24) is 4.98 Å². The van der Waals surface area contributed by atoms with Crippen LogP contribution in [-0.4, -0.2) is 17.6 Å². The van der Waals surface area contributed by atoms with Crippen LogP contribution in [0.2, 0.25) is 0 Å². The smallest absolute Gasteiger partial charge is 0.323 e. The van der Waals surface area contributed by atoms with E-state index in [0.717, 1.165) is 4.47 Å².